The molecule has 2 aromatic rings. The fourth-order valence-electron chi connectivity index (χ4n) is 0.919. The normalized spacial score (nSPS) is 7.19. The number of nitrogens with two attached hydrogens (primary N) is 1. The Labute approximate surface area is 112 Å². The van der Waals surface area contributed by atoms with Crippen molar-refractivity contribution >= 4 is 0 Å². The summed E-state index contributed by atoms with van der Waals surface area (Å²) in [5, 5.41) is 0. The average molecular weight is 209 g/mol. The van der Waals surface area contributed by atoms with Crippen LogP contribution >= 0.6 is 0 Å². The van der Waals surface area contributed by atoms with Gasteiger partial charge in [-0.05, 0) is 14.0 Å². The summed E-state index contributed by atoms with van der Waals surface area (Å²) in [4.78, 5) is 0. The van der Waals surface area contributed by atoms with Gasteiger partial charge in [-0.15, -0.1) is 0 Å². The molecular formula is C14H20LiN. The van der Waals surface area contributed by atoms with E-state index < -0.39 is 0 Å². The predicted octanol–water partition coefficient (Wildman–Crippen LogP) is 0.373. The van der Waals surface area contributed by atoms with Crippen LogP contribution in [0.25, 0.3) is 0 Å². The molecule has 0 aliphatic heterocycles. The van der Waals surface area contributed by atoms with Crippen molar-refractivity contribution in [3.05, 3.63) is 72.3 Å². The SMILES string of the molecule is CN.Cc1ccccc1.[H-].[Li+].c1ccccc1. The van der Waals surface area contributed by atoms with Gasteiger partial charge in [0.15, 0.2) is 0 Å². The van der Waals surface area contributed by atoms with Gasteiger partial charge in [-0.1, -0.05) is 72.3 Å². The zero-order chi connectivity index (χ0) is 11.4. The van der Waals surface area contributed by atoms with Gasteiger partial charge in [0.2, 0.25) is 0 Å². The van der Waals surface area contributed by atoms with Crippen LogP contribution in [0.15, 0.2) is 66.7 Å². The van der Waals surface area contributed by atoms with Crippen LogP contribution in [0.3, 0.4) is 0 Å². The van der Waals surface area contributed by atoms with Gasteiger partial charge >= 0.3 is 18.9 Å². The maximum absolute atomic E-state index is 4.50. The minimum atomic E-state index is 0. The van der Waals surface area contributed by atoms with Gasteiger partial charge in [0.1, 0.15) is 0 Å². The minimum absolute atomic E-state index is 0. The Morgan fingerprint density at radius 3 is 1.12 bits per heavy atom. The molecule has 0 bridgehead atoms. The number of aryl methyl sites for hydroxylation is 1. The summed E-state index contributed by atoms with van der Waals surface area (Å²) in [6, 6.07) is 22.3. The predicted molar refractivity (Wildman–Crippen MR) is 68.8 cm³/mol. The smallest absolute Gasteiger partial charge is 1.00 e. The van der Waals surface area contributed by atoms with Crippen molar-refractivity contribution < 1.29 is 20.3 Å². The molecule has 0 saturated heterocycles. The van der Waals surface area contributed by atoms with Crippen molar-refractivity contribution in [1.29, 1.82) is 0 Å². The second-order valence-corrected chi connectivity index (χ2v) is 2.81. The molecule has 2 aromatic carbocycles. The summed E-state index contributed by atoms with van der Waals surface area (Å²) in [7, 11) is 1.50. The standard InChI is InChI=1S/C7H8.C6H6.CH5N.Li.H/c1-7-5-3-2-4-6-7;1-2-4-6-5-3-1;1-2;;/h2-6H,1H3;1-6H;2H2,1H3;;/q;;;+1;-1. The second-order valence-electron chi connectivity index (χ2n) is 2.81. The Morgan fingerprint density at radius 2 is 0.938 bits per heavy atom. The van der Waals surface area contributed by atoms with Crippen LogP contribution in [0.2, 0.25) is 0 Å². The van der Waals surface area contributed by atoms with Gasteiger partial charge in [-0.3, -0.25) is 0 Å². The monoisotopic (exact) mass is 209 g/mol. The Kier molecular flexibility index (Phi) is 15.2. The summed E-state index contributed by atoms with van der Waals surface area (Å²) in [5.41, 5.74) is 5.82. The topological polar surface area (TPSA) is 26.0 Å². The van der Waals surface area contributed by atoms with Crippen molar-refractivity contribution in [3.63, 3.8) is 0 Å². The van der Waals surface area contributed by atoms with E-state index >= 15 is 0 Å². The maximum Gasteiger partial charge on any atom is 1.00 e. The van der Waals surface area contributed by atoms with E-state index in [-0.39, 0.29) is 20.3 Å². The summed E-state index contributed by atoms with van der Waals surface area (Å²) < 4.78 is 0. The number of hydrogen-bond donors (Lipinski definition) is 1. The molecule has 2 N–H and O–H groups in total. The molecule has 16 heavy (non-hydrogen) atoms. The van der Waals surface area contributed by atoms with Gasteiger partial charge in [-0.25, -0.2) is 0 Å². The molecule has 2 rings (SSSR count). The Balaban J connectivity index is -0.000000184. The first kappa shape index (κ1) is 17.4. The molecule has 0 amide bonds. The molecule has 0 aliphatic carbocycles. The average Bonchev–Trinajstić information content (AvgIpc) is 2.36. The van der Waals surface area contributed by atoms with Crippen LogP contribution < -0.4 is 24.6 Å². The van der Waals surface area contributed by atoms with Gasteiger partial charge in [0.25, 0.3) is 0 Å². The van der Waals surface area contributed by atoms with E-state index in [0.717, 1.165) is 0 Å². The molecule has 0 saturated carbocycles. The third kappa shape index (κ3) is 11.1. The van der Waals surface area contributed by atoms with E-state index in [1.54, 1.807) is 0 Å². The maximum atomic E-state index is 4.50. The van der Waals surface area contributed by atoms with Crippen LogP contribution in [0, 0.1) is 6.92 Å². The van der Waals surface area contributed by atoms with Crippen molar-refractivity contribution in [2.24, 2.45) is 5.73 Å². The second kappa shape index (κ2) is 14.0. The molecule has 1 nitrogen and oxygen atoms in total. The van der Waals surface area contributed by atoms with E-state index in [0.29, 0.717) is 0 Å². The van der Waals surface area contributed by atoms with Crippen molar-refractivity contribution in [2.75, 3.05) is 7.05 Å². The van der Waals surface area contributed by atoms with Crippen LogP contribution in [-0.2, 0) is 0 Å². The third-order valence-corrected chi connectivity index (χ3v) is 1.61. The van der Waals surface area contributed by atoms with E-state index in [4.69, 9.17) is 0 Å². The first-order valence-corrected chi connectivity index (χ1v) is 4.99. The molecular weight excluding hydrogens is 189 g/mol. The Bertz CT molecular complexity index is 287. The molecule has 82 valence electrons. The van der Waals surface area contributed by atoms with Gasteiger partial charge < -0.3 is 7.16 Å². The summed E-state index contributed by atoms with van der Waals surface area (Å²) in [6.45, 7) is 2.08. The van der Waals surface area contributed by atoms with Crippen molar-refractivity contribution in [2.45, 2.75) is 6.92 Å². The van der Waals surface area contributed by atoms with E-state index in [1.807, 2.05) is 54.6 Å². The molecule has 0 heterocycles. The minimum Gasteiger partial charge on any atom is -1.00 e. The van der Waals surface area contributed by atoms with Gasteiger partial charge in [-0.2, -0.15) is 0 Å². The molecule has 0 radical (unpaired) electrons. The summed E-state index contributed by atoms with van der Waals surface area (Å²) in [5.74, 6) is 0. The molecule has 2 heteroatoms. The molecule has 0 atom stereocenters. The Morgan fingerprint density at radius 1 is 0.688 bits per heavy atom. The summed E-state index contributed by atoms with van der Waals surface area (Å²) in [6.07, 6.45) is 0. The third-order valence-electron chi connectivity index (χ3n) is 1.61. The van der Waals surface area contributed by atoms with Crippen LogP contribution in [-0.4, -0.2) is 7.05 Å². The fourth-order valence-corrected chi connectivity index (χ4v) is 0.919. The van der Waals surface area contributed by atoms with Crippen molar-refractivity contribution in [1.82, 2.24) is 0 Å². The molecule has 0 aromatic heterocycles. The van der Waals surface area contributed by atoms with Gasteiger partial charge in [0.05, 0.1) is 0 Å². The van der Waals surface area contributed by atoms with E-state index in [1.165, 1.54) is 12.6 Å². The van der Waals surface area contributed by atoms with Gasteiger partial charge in [0, 0.05) is 0 Å². The zero-order valence-electron chi connectivity index (χ0n) is 11.4. The van der Waals surface area contributed by atoms with Crippen molar-refractivity contribution in [3.8, 4) is 0 Å². The van der Waals surface area contributed by atoms with E-state index in [9.17, 15) is 0 Å². The first-order chi connectivity index (χ1) is 7.39. The Hall–Kier alpha value is -1.00. The van der Waals surface area contributed by atoms with Crippen LogP contribution in [0.1, 0.15) is 6.99 Å². The fraction of sp³-hybridized carbons (Fsp3) is 0.143. The van der Waals surface area contributed by atoms with E-state index in [2.05, 4.69) is 24.8 Å². The number of rotatable bonds is 0. The summed E-state index contributed by atoms with van der Waals surface area (Å²) >= 11 is 0. The quantitative estimate of drug-likeness (QED) is 0.623. The molecule has 0 aliphatic rings. The van der Waals surface area contributed by atoms with Crippen LogP contribution in [0.4, 0.5) is 0 Å². The number of benzene rings is 2. The number of hydrogen-bond acceptors (Lipinski definition) is 1. The largest absolute Gasteiger partial charge is 1.00 e. The molecule has 0 fully saturated rings. The molecule has 0 unspecified atom stereocenters. The zero-order valence-corrected chi connectivity index (χ0v) is 10.4. The first-order valence-electron chi connectivity index (χ1n) is 4.99. The van der Waals surface area contributed by atoms with Crippen LogP contribution in [0.5, 0.6) is 0 Å². The molecule has 0 spiro atoms.